The molecule has 0 aliphatic carbocycles. The van der Waals surface area contributed by atoms with Crippen molar-refractivity contribution in [2.75, 3.05) is 0 Å². The Balaban J connectivity index is 2.91. The summed E-state index contributed by atoms with van der Waals surface area (Å²) >= 11 is 0. The van der Waals surface area contributed by atoms with Gasteiger partial charge in [0.2, 0.25) is 0 Å². The highest BCUT2D eigenvalue weighted by molar-refractivity contribution is 6.00. The zero-order chi connectivity index (χ0) is 8.97. The SMILES string of the molecule is C=C(C)N=C(CC)c1ccoc1. The number of nitrogens with zero attached hydrogens (tertiary/aromatic N) is 1. The van der Waals surface area contributed by atoms with E-state index in [-0.39, 0.29) is 0 Å². The summed E-state index contributed by atoms with van der Waals surface area (Å²) in [5, 5.41) is 0. The molecule has 0 fully saturated rings. The van der Waals surface area contributed by atoms with Crippen molar-refractivity contribution in [3.63, 3.8) is 0 Å². The Bertz CT molecular complexity index is 283. The molecule has 0 unspecified atom stereocenters. The number of furan rings is 1. The van der Waals surface area contributed by atoms with Gasteiger partial charge in [0.25, 0.3) is 0 Å². The third-order valence-corrected chi connectivity index (χ3v) is 1.52. The quantitative estimate of drug-likeness (QED) is 0.629. The Morgan fingerprint density at radius 1 is 1.67 bits per heavy atom. The number of hydrogen-bond donors (Lipinski definition) is 0. The van der Waals surface area contributed by atoms with Gasteiger partial charge in [0, 0.05) is 11.3 Å². The van der Waals surface area contributed by atoms with E-state index in [1.54, 1.807) is 12.5 Å². The highest BCUT2D eigenvalue weighted by Crippen LogP contribution is 2.07. The molecule has 12 heavy (non-hydrogen) atoms. The van der Waals surface area contributed by atoms with E-state index in [1.807, 2.05) is 13.0 Å². The minimum Gasteiger partial charge on any atom is -0.472 e. The third-order valence-electron chi connectivity index (χ3n) is 1.52. The molecule has 2 heteroatoms. The molecule has 1 aromatic rings. The molecular formula is C10H13NO. The lowest BCUT2D eigenvalue weighted by atomic mass is 10.1. The van der Waals surface area contributed by atoms with Crippen molar-refractivity contribution in [3.05, 3.63) is 36.4 Å². The van der Waals surface area contributed by atoms with Gasteiger partial charge in [-0.15, -0.1) is 0 Å². The molecule has 0 atom stereocenters. The van der Waals surface area contributed by atoms with Crippen LogP contribution in [0.4, 0.5) is 0 Å². The molecule has 0 aliphatic heterocycles. The molecule has 0 bridgehead atoms. The Morgan fingerprint density at radius 2 is 2.42 bits per heavy atom. The van der Waals surface area contributed by atoms with Crippen LogP contribution in [0.15, 0.2) is 40.3 Å². The molecule has 1 rings (SSSR count). The van der Waals surface area contributed by atoms with Gasteiger partial charge < -0.3 is 4.42 Å². The molecule has 0 N–H and O–H groups in total. The summed E-state index contributed by atoms with van der Waals surface area (Å²) in [6.07, 6.45) is 4.25. The molecule has 0 spiro atoms. The van der Waals surface area contributed by atoms with Crippen molar-refractivity contribution in [1.29, 1.82) is 0 Å². The fourth-order valence-electron chi connectivity index (χ4n) is 1.01. The summed E-state index contributed by atoms with van der Waals surface area (Å²) in [5.41, 5.74) is 2.89. The fraction of sp³-hybridized carbons (Fsp3) is 0.300. The molecule has 0 saturated carbocycles. The summed E-state index contributed by atoms with van der Waals surface area (Å²) < 4.78 is 4.97. The van der Waals surface area contributed by atoms with Crippen LogP contribution in [0.5, 0.6) is 0 Å². The van der Waals surface area contributed by atoms with Gasteiger partial charge in [0.15, 0.2) is 0 Å². The van der Waals surface area contributed by atoms with E-state index in [1.165, 1.54) is 0 Å². The van der Waals surface area contributed by atoms with Gasteiger partial charge in [0.05, 0.1) is 18.2 Å². The lowest BCUT2D eigenvalue weighted by Crippen LogP contribution is -1.96. The van der Waals surface area contributed by atoms with Gasteiger partial charge in [-0.05, 0) is 19.4 Å². The smallest absolute Gasteiger partial charge is 0.0993 e. The largest absolute Gasteiger partial charge is 0.472 e. The Morgan fingerprint density at radius 3 is 2.83 bits per heavy atom. The molecule has 0 aliphatic rings. The van der Waals surface area contributed by atoms with Gasteiger partial charge >= 0.3 is 0 Å². The topological polar surface area (TPSA) is 25.5 Å². The van der Waals surface area contributed by atoms with Crippen LogP contribution in [0, 0.1) is 0 Å². The highest BCUT2D eigenvalue weighted by Gasteiger charge is 2.01. The zero-order valence-electron chi connectivity index (χ0n) is 7.50. The lowest BCUT2D eigenvalue weighted by Gasteiger charge is -1.98. The normalized spacial score (nSPS) is 11.7. The van der Waals surface area contributed by atoms with Crippen molar-refractivity contribution in [2.45, 2.75) is 20.3 Å². The first-order chi connectivity index (χ1) is 5.74. The molecule has 64 valence electrons. The Labute approximate surface area is 72.6 Å². The summed E-state index contributed by atoms with van der Waals surface area (Å²) in [7, 11) is 0. The van der Waals surface area contributed by atoms with Crippen LogP contribution >= 0.6 is 0 Å². The minimum atomic E-state index is 0.827. The second kappa shape index (κ2) is 3.90. The van der Waals surface area contributed by atoms with E-state index in [0.29, 0.717) is 0 Å². The fourth-order valence-corrected chi connectivity index (χ4v) is 1.01. The first-order valence-electron chi connectivity index (χ1n) is 3.99. The van der Waals surface area contributed by atoms with Crippen molar-refractivity contribution in [1.82, 2.24) is 0 Å². The van der Waals surface area contributed by atoms with Gasteiger partial charge in [-0.3, -0.25) is 4.99 Å². The maximum absolute atomic E-state index is 4.97. The molecule has 2 nitrogen and oxygen atoms in total. The highest BCUT2D eigenvalue weighted by atomic mass is 16.3. The average molecular weight is 163 g/mol. The van der Waals surface area contributed by atoms with E-state index in [2.05, 4.69) is 18.5 Å². The molecule has 1 aromatic heterocycles. The number of aliphatic imine (C=N–C) groups is 1. The maximum atomic E-state index is 4.97. The number of allylic oxidation sites excluding steroid dienone is 1. The van der Waals surface area contributed by atoms with Gasteiger partial charge in [-0.2, -0.15) is 0 Å². The predicted molar refractivity (Wildman–Crippen MR) is 50.4 cm³/mol. The second-order valence-electron chi connectivity index (χ2n) is 2.66. The van der Waals surface area contributed by atoms with Crippen LogP contribution in [0.1, 0.15) is 25.8 Å². The van der Waals surface area contributed by atoms with Crippen molar-refractivity contribution >= 4 is 5.71 Å². The van der Waals surface area contributed by atoms with Crippen LogP contribution in [-0.2, 0) is 0 Å². The standard InChI is InChI=1S/C10H13NO/c1-4-10(11-8(2)3)9-5-6-12-7-9/h5-7H,2,4H2,1,3H3. The van der Waals surface area contributed by atoms with Crippen LogP contribution in [0.3, 0.4) is 0 Å². The summed E-state index contributed by atoms with van der Waals surface area (Å²) in [6.45, 7) is 7.68. The van der Waals surface area contributed by atoms with Crippen LogP contribution < -0.4 is 0 Å². The van der Waals surface area contributed by atoms with E-state index in [9.17, 15) is 0 Å². The zero-order valence-corrected chi connectivity index (χ0v) is 7.50. The molecule has 0 saturated heterocycles. The van der Waals surface area contributed by atoms with Gasteiger partial charge in [-0.25, -0.2) is 0 Å². The molecule has 0 aromatic carbocycles. The van der Waals surface area contributed by atoms with Crippen molar-refractivity contribution < 1.29 is 4.42 Å². The Kier molecular flexibility index (Phi) is 2.86. The summed E-state index contributed by atoms with van der Waals surface area (Å²) in [5.74, 6) is 0. The first-order valence-corrected chi connectivity index (χ1v) is 3.99. The van der Waals surface area contributed by atoms with Gasteiger partial charge in [-0.1, -0.05) is 13.5 Å². The third kappa shape index (κ3) is 2.09. The lowest BCUT2D eigenvalue weighted by molar-refractivity contribution is 0.567. The van der Waals surface area contributed by atoms with Crippen LogP contribution in [-0.4, -0.2) is 5.71 Å². The van der Waals surface area contributed by atoms with Crippen molar-refractivity contribution in [3.8, 4) is 0 Å². The summed E-state index contributed by atoms with van der Waals surface area (Å²) in [6, 6.07) is 1.91. The monoisotopic (exact) mass is 163 g/mol. The minimum absolute atomic E-state index is 0.827. The van der Waals surface area contributed by atoms with E-state index < -0.39 is 0 Å². The predicted octanol–water partition coefficient (Wildman–Crippen LogP) is 3.01. The number of hydrogen-bond acceptors (Lipinski definition) is 2. The van der Waals surface area contributed by atoms with Crippen molar-refractivity contribution in [2.24, 2.45) is 4.99 Å². The molecule has 1 heterocycles. The first kappa shape index (κ1) is 8.78. The van der Waals surface area contributed by atoms with Crippen LogP contribution in [0.25, 0.3) is 0 Å². The summed E-state index contributed by atoms with van der Waals surface area (Å²) in [4.78, 5) is 4.30. The second-order valence-corrected chi connectivity index (χ2v) is 2.66. The molecular weight excluding hydrogens is 150 g/mol. The van der Waals surface area contributed by atoms with E-state index in [4.69, 9.17) is 4.42 Å². The molecule has 0 radical (unpaired) electrons. The maximum Gasteiger partial charge on any atom is 0.0993 e. The molecule has 0 amide bonds. The Hall–Kier alpha value is -1.31. The van der Waals surface area contributed by atoms with E-state index >= 15 is 0 Å². The van der Waals surface area contributed by atoms with Gasteiger partial charge in [0.1, 0.15) is 0 Å². The average Bonchev–Trinajstić information content (AvgIpc) is 2.51. The van der Waals surface area contributed by atoms with Crippen LogP contribution in [0.2, 0.25) is 0 Å². The number of rotatable bonds is 3. The van der Waals surface area contributed by atoms with E-state index in [0.717, 1.165) is 23.4 Å².